The molecule has 2 rings (SSSR count). The van der Waals surface area contributed by atoms with Crippen LogP contribution in [-0.2, 0) is 13.1 Å². The van der Waals surface area contributed by atoms with Gasteiger partial charge in [-0.2, -0.15) is 8.78 Å². The molecule has 136 valence electrons. The van der Waals surface area contributed by atoms with Crippen molar-refractivity contribution in [1.82, 2.24) is 15.6 Å². The SMILES string of the molecule is CCNC(=NCc1ccccc1OC(F)F)NCc1sc(C)nc1C. The van der Waals surface area contributed by atoms with E-state index in [1.54, 1.807) is 29.5 Å². The number of thiazole rings is 1. The van der Waals surface area contributed by atoms with Gasteiger partial charge >= 0.3 is 6.61 Å². The topological polar surface area (TPSA) is 58.5 Å². The van der Waals surface area contributed by atoms with E-state index < -0.39 is 6.61 Å². The average molecular weight is 368 g/mol. The van der Waals surface area contributed by atoms with Crippen molar-refractivity contribution >= 4 is 17.3 Å². The van der Waals surface area contributed by atoms with Gasteiger partial charge in [0.15, 0.2) is 5.96 Å². The van der Waals surface area contributed by atoms with Gasteiger partial charge < -0.3 is 15.4 Å². The molecular formula is C17H22F2N4OS. The number of para-hydroxylation sites is 1. The number of alkyl halides is 2. The Morgan fingerprint density at radius 2 is 2.04 bits per heavy atom. The molecule has 0 aliphatic rings. The molecule has 1 heterocycles. The zero-order valence-corrected chi connectivity index (χ0v) is 15.3. The van der Waals surface area contributed by atoms with E-state index in [-0.39, 0.29) is 12.3 Å². The molecule has 8 heteroatoms. The third kappa shape index (κ3) is 5.97. The number of benzene rings is 1. The van der Waals surface area contributed by atoms with Gasteiger partial charge in [0, 0.05) is 17.0 Å². The van der Waals surface area contributed by atoms with E-state index in [9.17, 15) is 8.78 Å². The lowest BCUT2D eigenvalue weighted by atomic mass is 10.2. The zero-order valence-electron chi connectivity index (χ0n) is 14.5. The summed E-state index contributed by atoms with van der Waals surface area (Å²) in [7, 11) is 0. The lowest BCUT2D eigenvalue weighted by Crippen LogP contribution is -2.36. The molecule has 2 N–H and O–H groups in total. The smallest absolute Gasteiger partial charge is 0.387 e. The Bertz CT molecular complexity index is 718. The van der Waals surface area contributed by atoms with E-state index in [0.29, 0.717) is 24.6 Å². The Hall–Kier alpha value is -2.22. The number of aromatic nitrogens is 1. The number of aryl methyl sites for hydroxylation is 2. The highest BCUT2D eigenvalue weighted by molar-refractivity contribution is 7.11. The first-order valence-electron chi connectivity index (χ1n) is 7.97. The highest BCUT2D eigenvalue weighted by Gasteiger charge is 2.09. The molecule has 0 saturated carbocycles. The number of nitrogens with one attached hydrogen (secondary N) is 2. The first-order chi connectivity index (χ1) is 12.0. The first kappa shape index (κ1) is 19.1. The summed E-state index contributed by atoms with van der Waals surface area (Å²) < 4.78 is 29.5. The molecule has 1 aromatic carbocycles. The maximum Gasteiger partial charge on any atom is 0.387 e. The van der Waals surface area contributed by atoms with Crippen LogP contribution in [0, 0.1) is 13.8 Å². The summed E-state index contributed by atoms with van der Waals surface area (Å²) in [4.78, 5) is 10.00. The maximum absolute atomic E-state index is 12.5. The second-order valence-corrected chi connectivity index (χ2v) is 6.56. The molecule has 0 unspecified atom stereocenters. The fraction of sp³-hybridized carbons (Fsp3) is 0.412. The van der Waals surface area contributed by atoms with Crippen molar-refractivity contribution in [2.45, 2.75) is 40.5 Å². The normalized spacial score (nSPS) is 11.7. The molecule has 1 aromatic heterocycles. The molecule has 0 fully saturated rings. The monoisotopic (exact) mass is 368 g/mol. The molecule has 0 saturated heterocycles. The molecule has 0 amide bonds. The fourth-order valence-electron chi connectivity index (χ4n) is 2.25. The average Bonchev–Trinajstić information content (AvgIpc) is 2.88. The van der Waals surface area contributed by atoms with Gasteiger partial charge in [0.05, 0.1) is 23.8 Å². The minimum atomic E-state index is -2.85. The largest absolute Gasteiger partial charge is 0.434 e. The Morgan fingerprint density at radius 3 is 2.68 bits per heavy atom. The molecule has 0 aliphatic carbocycles. The Morgan fingerprint density at radius 1 is 1.28 bits per heavy atom. The van der Waals surface area contributed by atoms with Gasteiger partial charge in [0.2, 0.25) is 0 Å². The van der Waals surface area contributed by atoms with E-state index in [1.807, 2.05) is 20.8 Å². The summed E-state index contributed by atoms with van der Waals surface area (Å²) in [5.74, 6) is 0.755. The van der Waals surface area contributed by atoms with Crippen molar-refractivity contribution in [3.63, 3.8) is 0 Å². The van der Waals surface area contributed by atoms with Gasteiger partial charge in [0.25, 0.3) is 0 Å². The van der Waals surface area contributed by atoms with Crippen LogP contribution in [0.15, 0.2) is 29.3 Å². The predicted molar refractivity (Wildman–Crippen MR) is 96.3 cm³/mol. The quantitative estimate of drug-likeness (QED) is 0.579. The lowest BCUT2D eigenvalue weighted by molar-refractivity contribution is -0.0504. The Balaban J connectivity index is 2.05. The molecule has 5 nitrogen and oxygen atoms in total. The molecule has 2 aromatic rings. The van der Waals surface area contributed by atoms with Crippen LogP contribution in [0.1, 0.15) is 28.1 Å². The van der Waals surface area contributed by atoms with Crippen LogP contribution in [0.3, 0.4) is 0 Å². The molecule has 25 heavy (non-hydrogen) atoms. The van der Waals surface area contributed by atoms with Crippen LogP contribution < -0.4 is 15.4 Å². The second kappa shape index (κ2) is 9.31. The highest BCUT2D eigenvalue weighted by atomic mass is 32.1. The van der Waals surface area contributed by atoms with E-state index in [2.05, 4.69) is 25.3 Å². The standard InChI is InChI=1S/C17H22F2N4OS/c1-4-20-17(22-10-15-11(2)23-12(3)25-15)21-9-13-7-5-6-8-14(13)24-16(18)19/h5-8,16H,4,9-10H2,1-3H3,(H2,20,21,22). The third-order valence-electron chi connectivity index (χ3n) is 3.36. The molecular weight excluding hydrogens is 346 g/mol. The zero-order chi connectivity index (χ0) is 18.2. The summed E-state index contributed by atoms with van der Waals surface area (Å²) >= 11 is 1.64. The number of ether oxygens (including phenoxy) is 1. The van der Waals surface area contributed by atoms with Gasteiger partial charge in [-0.05, 0) is 26.8 Å². The summed E-state index contributed by atoms with van der Waals surface area (Å²) in [5.41, 5.74) is 1.60. The number of hydrogen-bond donors (Lipinski definition) is 2. The van der Waals surface area contributed by atoms with Crippen LogP contribution >= 0.6 is 11.3 Å². The number of nitrogens with zero attached hydrogens (tertiary/aromatic N) is 2. The summed E-state index contributed by atoms with van der Waals surface area (Å²) in [6.07, 6.45) is 0. The second-order valence-electron chi connectivity index (χ2n) is 5.28. The predicted octanol–water partition coefficient (Wildman–Crippen LogP) is 3.62. The Labute approximate surface area is 150 Å². The van der Waals surface area contributed by atoms with Crippen LogP contribution in [0.2, 0.25) is 0 Å². The van der Waals surface area contributed by atoms with Crippen molar-refractivity contribution in [3.05, 3.63) is 45.4 Å². The molecule has 0 atom stereocenters. The van der Waals surface area contributed by atoms with E-state index in [1.165, 1.54) is 6.07 Å². The number of rotatable bonds is 7. The minimum Gasteiger partial charge on any atom is -0.434 e. The summed E-state index contributed by atoms with van der Waals surface area (Å²) in [6.45, 7) is 4.60. The lowest BCUT2D eigenvalue weighted by Gasteiger charge is -2.12. The summed E-state index contributed by atoms with van der Waals surface area (Å²) in [5, 5.41) is 7.41. The van der Waals surface area contributed by atoms with Crippen LogP contribution in [0.25, 0.3) is 0 Å². The first-order valence-corrected chi connectivity index (χ1v) is 8.79. The number of aliphatic imine (C=N–C) groups is 1. The number of hydrogen-bond acceptors (Lipinski definition) is 4. The van der Waals surface area contributed by atoms with Crippen molar-refractivity contribution < 1.29 is 13.5 Å². The van der Waals surface area contributed by atoms with Crippen molar-refractivity contribution in [2.75, 3.05) is 6.54 Å². The maximum atomic E-state index is 12.5. The number of guanidine groups is 1. The van der Waals surface area contributed by atoms with Gasteiger partial charge in [-0.1, -0.05) is 18.2 Å². The van der Waals surface area contributed by atoms with Gasteiger partial charge in [0.1, 0.15) is 5.75 Å². The summed E-state index contributed by atoms with van der Waals surface area (Å²) in [6, 6.07) is 6.67. The molecule has 0 aliphatic heterocycles. The Kier molecular flexibility index (Phi) is 7.12. The van der Waals surface area contributed by atoms with E-state index >= 15 is 0 Å². The highest BCUT2D eigenvalue weighted by Crippen LogP contribution is 2.21. The van der Waals surface area contributed by atoms with E-state index in [4.69, 9.17) is 0 Å². The van der Waals surface area contributed by atoms with Crippen LogP contribution in [0.5, 0.6) is 5.75 Å². The fourth-order valence-corrected chi connectivity index (χ4v) is 3.13. The van der Waals surface area contributed by atoms with Crippen LogP contribution in [-0.4, -0.2) is 24.1 Å². The van der Waals surface area contributed by atoms with Gasteiger partial charge in [-0.15, -0.1) is 11.3 Å². The van der Waals surface area contributed by atoms with Crippen molar-refractivity contribution in [2.24, 2.45) is 4.99 Å². The molecule has 0 radical (unpaired) electrons. The van der Waals surface area contributed by atoms with E-state index in [0.717, 1.165) is 15.6 Å². The molecule has 0 bridgehead atoms. The van der Waals surface area contributed by atoms with Gasteiger partial charge in [-0.25, -0.2) is 9.98 Å². The number of halogens is 2. The minimum absolute atomic E-state index is 0.144. The third-order valence-corrected chi connectivity index (χ3v) is 4.43. The van der Waals surface area contributed by atoms with Crippen molar-refractivity contribution in [3.8, 4) is 5.75 Å². The van der Waals surface area contributed by atoms with Crippen LogP contribution in [0.4, 0.5) is 8.78 Å². The van der Waals surface area contributed by atoms with Gasteiger partial charge in [-0.3, -0.25) is 0 Å². The molecule has 0 spiro atoms. The van der Waals surface area contributed by atoms with Crippen molar-refractivity contribution in [1.29, 1.82) is 0 Å².